The van der Waals surface area contributed by atoms with E-state index in [1.807, 2.05) is 91.9 Å². The van der Waals surface area contributed by atoms with Crippen molar-refractivity contribution >= 4 is 45.5 Å². The highest BCUT2D eigenvalue weighted by molar-refractivity contribution is 7.14. The number of hydrogen-bond acceptors (Lipinski definition) is 6. The lowest BCUT2D eigenvalue weighted by atomic mass is 10.0. The Morgan fingerprint density at radius 1 is 0.897 bits per heavy atom. The molecule has 5 rings (SSSR count). The summed E-state index contributed by atoms with van der Waals surface area (Å²) in [7, 11) is 1.61. The number of para-hydroxylation sites is 2. The van der Waals surface area contributed by atoms with Crippen molar-refractivity contribution in [3.05, 3.63) is 112 Å². The van der Waals surface area contributed by atoms with Crippen LogP contribution in [0.2, 0.25) is 0 Å². The first-order valence-electron chi connectivity index (χ1n) is 12.3. The largest absolute Gasteiger partial charge is 0.496 e. The van der Waals surface area contributed by atoms with Gasteiger partial charge in [0.2, 0.25) is 0 Å². The summed E-state index contributed by atoms with van der Waals surface area (Å²) in [5, 5.41) is 8.00. The van der Waals surface area contributed by atoms with E-state index in [9.17, 15) is 9.59 Å². The van der Waals surface area contributed by atoms with Gasteiger partial charge in [-0.3, -0.25) is 9.59 Å². The van der Waals surface area contributed by atoms with Crippen LogP contribution in [0.25, 0.3) is 22.2 Å². The average Bonchev–Trinajstić information content (AvgIpc) is 3.41. The van der Waals surface area contributed by atoms with Crippen LogP contribution < -0.4 is 15.5 Å². The number of anilines is 1. The highest BCUT2D eigenvalue weighted by atomic mass is 32.1. The number of thiophene rings is 1. The molecule has 2 N–H and O–H groups in total. The van der Waals surface area contributed by atoms with Crippen LogP contribution in [0.15, 0.2) is 96.1 Å². The monoisotopic (exact) mass is 534 g/mol. The predicted molar refractivity (Wildman–Crippen MR) is 157 cm³/mol. The predicted octanol–water partition coefficient (Wildman–Crippen LogP) is 6.69. The molecule has 0 aliphatic heterocycles. The van der Waals surface area contributed by atoms with Gasteiger partial charge in [0.25, 0.3) is 11.8 Å². The number of carbonyl (C=O) groups excluding carboxylic acids is 2. The highest BCUT2D eigenvalue weighted by Gasteiger charge is 2.16. The summed E-state index contributed by atoms with van der Waals surface area (Å²) in [4.78, 5) is 32.4. The van der Waals surface area contributed by atoms with Crippen molar-refractivity contribution in [2.75, 3.05) is 12.4 Å². The quantitative estimate of drug-likeness (QED) is 0.180. The Kier molecular flexibility index (Phi) is 7.47. The minimum atomic E-state index is -0.360. The molecule has 2 heterocycles. The fourth-order valence-electron chi connectivity index (χ4n) is 4.19. The number of ether oxygens (including phenoxy) is 1. The van der Waals surface area contributed by atoms with Gasteiger partial charge in [-0.25, -0.2) is 10.4 Å². The van der Waals surface area contributed by atoms with Gasteiger partial charge in [0.1, 0.15) is 5.75 Å². The fourth-order valence-corrected chi connectivity index (χ4v) is 4.95. The third-order valence-electron chi connectivity index (χ3n) is 6.17. The van der Waals surface area contributed by atoms with Crippen LogP contribution in [-0.4, -0.2) is 29.6 Å². The second-order valence-electron chi connectivity index (χ2n) is 8.86. The molecule has 2 aromatic heterocycles. The zero-order chi connectivity index (χ0) is 27.4. The lowest BCUT2D eigenvalue weighted by Gasteiger charge is -2.12. The first kappa shape index (κ1) is 25.8. The van der Waals surface area contributed by atoms with Crippen LogP contribution in [0.4, 0.5) is 5.69 Å². The van der Waals surface area contributed by atoms with E-state index in [2.05, 4.69) is 15.8 Å². The lowest BCUT2D eigenvalue weighted by molar-refractivity contribution is 0.0955. The molecule has 194 valence electrons. The Morgan fingerprint density at radius 2 is 1.69 bits per heavy atom. The smallest absolute Gasteiger partial charge is 0.272 e. The number of nitrogens with one attached hydrogen (secondary N) is 2. The number of aromatic nitrogens is 1. The topological polar surface area (TPSA) is 92.7 Å². The number of pyridine rings is 1. The van der Waals surface area contributed by atoms with Crippen molar-refractivity contribution in [3.63, 3.8) is 0 Å². The van der Waals surface area contributed by atoms with E-state index in [1.165, 1.54) is 11.3 Å². The van der Waals surface area contributed by atoms with Crippen LogP contribution in [0.5, 0.6) is 5.75 Å². The van der Waals surface area contributed by atoms with Crippen LogP contribution in [0, 0.1) is 6.92 Å². The molecule has 8 heteroatoms. The van der Waals surface area contributed by atoms with E-state index in [0.717, 1.165) is 21.4 Å². The van der Waals surface area contributed by atoms with E-state index in [-0.39, 0.29) is 11.8 Å². The molecule has 0 aliphatic rings. The van der Waals surface area contributed by atoms with Crippen molar-refractivity contribution in [1.82, 2.24) is 10.4 Å². The maximum Gasteiger partial charge on any atom is 0.272 e. The molecule has 7 nitrogen and oxygen atoms in total. The Balaban J connectivity index is 1.40. The Morgan fingerprint density at radius 3 is 2.49 bits per heavy atom. The molecule has 2 amide bonds. The molecule has 0 atom stereocenters. The number of hydrogen-bond donors (Lipinski definition) is 2. The molecule has 39 heavy (non-hydrogen) atoms. The minimum Gasteiger partial charge on any atom is -0.496 e. The number of benzene rings is 3. The SMILES string of the molecule is COc1ccccc1-c1cc(C(=O)N/N=C(/C)c2cccc(NC(=O)c3ccc(C)s3)c2)c2ccccc2n1. The Hall–Kier alpha value is -4.82. The van der Waals surface area contributed by atoms with Crippen molar-refractivity contribution < 1.29 is 14.3 Å². The van der Waals surface area contributed by atoms with Gasteiger partial charge in [0, 0.05) is 21.5 Å². The standard InChI is InChI=1S/C31H26N4O3S/c1-19-15-16-29(39-19)31(37)32-22-10-8-9-21(17-22)20(2)34-35-30(36)25-18-27(24-12-5-7-14-28(24)38-3)33-26-13-6-4-11-23(25)26/h4-18H,1-3H3,(H,32,37)(H,35,36)/b34-20-. The number of amides is 2. The molecule has 0 unspecified atom stereocenters. The van der Waals surface area contributed by atoms with Gasteiger partial charge in [-0.15, -0.1) is 11.3 Å². The third-order valence-corrected chi connectivity index (χ3v) is 7.17. The van der Waals surface area contributed by atoms with Gasteiger partial charge in [-0.05, 0) is 67.9 Å². The number of carbonyl (C=O) groups is 2. The van der Waals surface area contributed by atoms with E-state index < -0.39 is 0 Å². The van der Waals surface area contributed by atoms with Crippen molar-refractivity contribution in [1.29, 1.82) is 0 Å². The molecular formula is C31H26N4O3S. The van der Waals surface area contributed by atoms with E-state index in [0.29, 0.717) is 38.8 Å². The second-order valence-corrected chi connectivity index (χ2v) is 10.1. The summed E-state index contributed by atoms with van der Waals surface area (Å²) in [6, 6.07) is 27.9. The van der Waals surface area contributed by atoms with Crippen LogP contribution in [-0.2, 0) is 0 Å². The molecule has 0 bridgehead atoms. The summed E-state index contributed by atoms with van der Waals surface area (Å²) < 4.78 is 5.51. The maximum atomic E-state index is 13.4. The van der Waals surface area contributed by atoms with Gasteiger partial charge < -0.3 is 10.1 Å². The summed E-state index contributed by atoms with van der Waals surface area (Å²) in [5.41, 5.74) is 7.25. The molecule has 3 aromatic carbocycles. The zero-order valence-electron chi connectivity index (χ0n) is 21.7. The average molecular weight is 535 g/mol. The zero-order valence-corrected chi connectivity index (χ0v) is 22.5. The van der Waals surface area contributed by atoms with Crippen molar-refractivity contribution in [2.24, 2.45) is 5.10 Å². The van der Waals surface area contributed by atoms with Gasteiger partial charge in [-0.2, -0.15) is 5.10 Å². The first-order valence-corrected chi connectivity index (χ1v) is 13.1. The molecule has 0 saturated carbocycles. The minimum absolute atomic E-state index is 0.163. The molecule has 0 saturated heterocycles. The van der Waals surface area contributed by atoms with Gasteiger partial charge in [0.05, 0.1) is 34.5 Å². The molecule has 0 radical (unpaired) electrons. The molecule has 0 spiro atoms. The molecular weight excluding hydrogens is 508 g/mol. The molecule has 0 fully saturated rings. The van der Waals surface area contributed by atoms with Crippen LogP contribution >= 0.6 is 11.3 Å². The van der Waals surface area contributed by atoms with Gasteiger partial charge in [-0.1, -0.05) is 42.5 Å². The second kappa shape index (κ2) is 11.3. The van der Waals surface area contributed by atoms with Crippen molar-refractivity contribution in [2.45, 2.75) is 13.8 Å². The Bertz CT molecular complexity index is 1720. The number of methoxy groups -OCH3 is 1. The van der Waals surface area contributed by atoms with E-state index >= 15 is 0 Å². The van der Waals surface area contributed by atoms with E-state index in [1.54, 1.807) is 20.1 Å². The van der Waals surface area contributed by atoms with Crippen LogP contribution in [0.3, 0.4) is 0 Å². The lowest BCUT2D eigenvalue weighted by Crippen LogP contribution is -2.20. The van der Waals surface area contributed by atoms with E-state index in [4.69, 9.17) is 9.72 Å². The molecule has 5 aromatic rings. The number of aryl methyl sites for hydroxylation is 1. The fraction of sp³-hybridized carbons (Fsp3) is 0.0968. The first-order chi connectivity index (χ1) is 18.9. The van der Waals surface area contributed by atoms with Crippen LogP contribution in [0.1, 0.15) is 37.4 Å². The summed E-state index contributed by atoms with van der Waals surface area (Å²) >= 11 is 1.44. The van der Waals surface area contributed by atoms with Gasteiger partial charge >= 0.3 is 0 Å². The summed E-state index contributed by atoms with van der Waals surface area (Å²) in [5.74, 6) is 0.145. The summed E-state index contributed by atoms with van der Waals surface area (Å²) in [6.45, 7) is 3.76. The number of nitrogens with zero attached hydrogens (tertiary/aromatic N) is 2. The third kappa shape index (κ3) is 5.71. The van der Waals surface area contributed by atoms with Crippen molar-refractivity contribution in [3.8, 4) is 17.0 Å². The maximum absolute atomic E-state index is 13.4. The number of fused-ring (bicyclic) bond motifs is 1. The highest BCUT2D eigenvalue weighted by Crippen LogP contribution is 2.31. The number of rotatable bonds is 7. The normalized spacial score (nSPS) is 11.3. The Labute approximate surface area is 230 Å². The summed E-state index contributed by atoms with van der Waals surface area (Å²) in [6.07, 6.45) is 0. The molecule has 0 aliphatic carbocycles. The number of hydrazone groups is 1. The van der Waals surface area contributed by atoms with Gasteiger partial charge in [0.15, 0.2) is 0 Å².